The average Bonchev–Trinajstić information content (AvgIpc) is 3.07. The number of hydrogen-bond acceptors (Lipinski definition) is 7. The molecule has 7 nitrogen and oxygen atoms in total. The predicted octanol–water partition coefficient (Wildman–Crippen LogP) is 1.42. The van der Waals surface area contributed by atoms with Crippen molar-refractivity contribution in [1.82, 2.24) is 20.2 Å². The number of aromatic nitrogens is 2. The minimum Gasteiger partial charge on any atom is -0.343 e. The fourth-order valence-corrected chi connectivity index (χ4v) is 4.61. The van der Waals surface area contributed by atoms with E-state index >= 15 is 0 Å². The van der Waals surface area contributed by atoms with E-state index in [1.165, 1.54) is 17.7 Å². The zero-order valence-electron chi connectivity index (χ0n) is 11.9. The van der Waals surface area contributed by atoms with Gasteiger partial charge in [0.25, 0.3) is 0 Å². The molecule has 21 heavy (non-hydrogen) atoms. The van der Waals surface area contributed by atoms with Crippen LogP contribution in [0.2, 0.25) is 0 Å². The number of sulfonamides is 1. The summed E-state index contributed by atoms with van der Waals surface area (Å²) in [7, 11) is -3.59. The van der Waals surface area contributed by atoms with Crippen molar-refractivity contribution in [3.63, 3.8) is 0 Å². The lowest BCUT2D eigenvalue weighted by Crippen LogP contribution is -2.26. The number of rotatable bonds is 8. The minimum absolute atomic E-state index is 0.00987. The molecule has 2 aromatic heterocycles. The first-order valence-corrected chi connectivity index (χ1v) is 8.93. The lowest BCUT2D eigenvalue weighted by Gasteiger charge is -2.08. The molecule has 2 heterocycles. The van der Waals surface area contributed by atoms with Crippen molar-refractivity contribution >= 4 is 21.4 Å². The van der Waals surface area contributed by atoms with Crippen LogP contribution in [-0.2, 0) is 23.1 Å². The van der Waals surface area contributed by atoms with Gasteiger partial charge in [-0.3, -0.25) is 0 Å². The number of nitrogens with one attached hydrogen (secondary N) is 2. The summed E-state index contributed by atoms with van der Waals surface area (Å²) in [5.74, 6) is 0.303. The van der Waals surface area contributed by atoms with Crippen LogP contribution in [0.5, 0.6) is 0 Å². The molecule has 2 N–H and O–H groups in total. The molecule has 0 aliphatic rings. The Morgan fingerprint density at radius 1 is 1.38 bits per heavy atom. The molecule has 0 saturated heterocycles. The molecule has 2 rings (SSSR count). The summed E-state index contributed by atoms with van der Waals surface area (Å²) in [5, 5.41) is 8.66. The molecule has 2 aromatic rings. The smallest absolute Gasteiger partial charge is 0.242 e. The highest BCUT2D eigenvalue weighted by Gasteiger charge is 2.23. The molecular weight excluding hydrogens is 312 g/mol. The largest absolute Gasteiger partial charge is 0.343 e. The van der Waals surface area contributed by atoms with E-state index in [2.05, 4.69) is 31.6 Å². The van der Waals surface area contributed by atoms with Gasteiger partial charge in [-0.2, -0.15) is 4.98 Å². The molecular formula is C12H18N4O3S2. The molecule has 0 unspecified atom stereocenters. The molecule has 0 aliphatic carbocycles. The zero-order chi connectivity index (χ0) is 15.3. The van der Waals surface area contributed by atoms with Crippen LogP contribution in [0.4, 0.5) is 0 Å². The number of thiophene rings is 1. The number of aryl methyl sites for hydroxylation is 1. The van der Waals surface area contributed by atoms with Crippen LogP contribution in [0.15, 0.2) is 21.2 Å². The van der Waals surface area contributed by atoms with Gasteiger partial charge in [0.1, 0.15) is 4.90 Å². The molecule has 9 heteroatoms. The van der Waals surface area contributed by atoms with Gasteiger partial charge in [0.05, 0.1) is 6.54 Å². The Bertz CT molecular complexity index is 665. The van der Waals surface area contributed by atoms with Gasteiger partial charge in [-0.05, 0) is 30.8 Å². The summed E-state index contributed by atoms with van der Waals surface area (Å²) >= 11 is 1.45. The third-order valence-corrected chi connectivity index (χ3v) is 5.66. The van der Waals surface area contributed by atoms with Crippen molar-refractivity contribution in [1.29, 1.82) is 0 Å². The van der Waals surface area contributed by atoms with E-state index in [9.17, 15) is 8.42 Å². The summed E-state index contributed by atoms with van der Waals surface area (Å²) in [6.45, 7) is 5.27. The Labute approximate surface area is 127 Å². The Hall–Kier alpha value is -1.29. The standard InChI is InChI=1S/C12H18N4O3S2/c1-3-4-13-5-10-12(9(2)7-20-10)21(17,18)15-6-11-14-8-19-16-11/h7-8,13,15H,3-6H2,1-2H3. The Kier molecular flexibility index (Phi) is 5.45. The maximum atomic E-state index is 12.4. The van der Waals surface area contributed by atoms with E-state index in [1.54, 1.807) is 6.92 Å². The van der Waals surface area contributed by atoms with E-state index in [-0.39, 0.29) is 6.54 Å². The summed E-state index contributed by atoms with van der Waals surface area (Å²) in [6.07, 6.45) is 2.17. The molecule has 0 aromatic carbocycles. The molecule has 0 fully saturated rings. The zero-order valence-corrected chi connectivity index (χ0v) is 13.6. The lowest BCUT2D eigenvalue weighted by atomic mass is 10.3. The van der Waals surface area contributed by atoms with Crippen molar-refractivity contribution in [3.05, 3.63) is 28.0 Å². The maximum Gasteiger partial charge on any atom is 0.242 e. The molecule has 0 radical (unpaired) electrons. The highest BCUT2D eigenvalue weighted by molar-refractivity contribution is 7.89. The van der Waals surface area contributed by atoms with E-state index in [0.717, 1.165) is 23.4 Å². The van der Waals surface area contributed by atoms with Crippen molar-refractivity contribution in [3.8, 4) is 0 Å². The normalized spacial score (nSPS) is 11.9. The number of hydrogen-bond donors (Lipinski definition) is 2. The van der Waals surface area contributed by atoms with Crippen LogP contribution in [0.1, 0.15) is 29.6 Å². The van der Waals surface area contributed by atoms with Gasteiger partial charge in [0.15, 0.2) is 5.82 Å². The first-order valence-electron chi connectivity index (χ1n) is 6.57. The van der Waals surface area contributed by atoms with Crippen molar-refractivity contribution in [2.45, 2.75) is 38.3 Å². The fourth-order valence-electron chi connectivity index (χ4n) is 1.85. The van der Waals surface area contributed by atoms with Gasteiger partial charge in [-0.1, -0.05) is 12.1 Å². The molecule has 0 amide bonds. The van der Waals surface area contributed by atoms with Gasteiger partial charge in [-0.25, -0.2) is 13.1 Å². The number of nitrogens with zero attached hydrogens (tertiary/aromatic N) is 2. The summed E-state index contributed by atoms with van der Waals surface area (Å²) in [5.41, 5.74) is 0.744. The van der Waals surface area contributed by atoms with Crippen LogP contribution < -0.4 is 10.0 Å². The third kappa shape index (κ3) is 4.10. The van der Waals surface area contributed by atoms with Gasteiger partial charge >= 0.3 is 0 Å². The highest BCUT2D eigenvalue weighted by Crippen LogP contribution is 2.26. The van der Waals surface area contributed by atoms with E-state index in [4.69, 9.17) is 0 Å². The second-order valence-electron chi connectivity index (χ2n) is 4.52. The highest BCUT2D eigenvalue weighted by atomic mass is 32.2. The van der Waals surface area contributed by atoms with E-state index < -0.39 is 10.0 Å². The average molecular weight is 330 g/mol. The predicted molar refractivity (Wildman–Crippen MR) is 79.4 cm³/mol. The summed E-state index contributed by atoms with van der Waals surface area (Å²) < 4.78 is 32.0. The van der Waals surface area contributed by atoms with Crippen LogP contribution in [0, 0.1) is 6.92 Å². The van der Waals surface area contributed by atoms with E-state index in [1.807, 2.05) is 5.38 Å². The first kappa shape index (κ1) is 16.1. The lowest BCUT2D eigenvalue weighted by molar-refractivity contribution is 0.409. The SMILES string of the molecule is CCCNCc1scc(C)c1S(=O)(=O)NCc1ncon1. The Balaban J connectivity index is 2.13. The second kappa shape index (κ2) is 7.12. The van der Waals surface area contributed by atoms with Crippen LogP contribution in [0.3, 0.4) is 0 Å². The monoisotopic (exact) mass is 330 g/mol. The van der Waals surface area contributed by atoms with Gasteiger partial charge in [0.2, 0.25) is 16.4 Å². The molecule has 0 spiro atoms. The molecule has 0 saturated carbocycles. The minimum atomic E-state index is -3.59. The first-order chi connectivity index (χ1) is 10.0. The third-order valence-electron chi connectivity index (χ3n) is 2.80. The quantitative estimate of drug-likeness (QED) is 0.711. The molecule has 0 aliphatic heterocycles. The van der Waals surface area contributed by atoms with Gasteiger partial charge < -0.3 is 9.84 Å². The topological polar surface area (TPSA) is 97.1 Å². The summed E-state index contributed by atoms with van der Waals surface area (Å²) in [6, 6.07) is 0. The van der Waals surface area contributed by atoms with Gasteiger partial charge in [-0.15, -0.1) is 11.3 Å². The molecule has 116 valence electrons. The maximum absolute atomic E-state index is 12.4. The Morgan fingerprint density at radius 2 is 2.19 bits per heavy atom. The summed E-state index contributed by atoms with van der Waals surface area (Å²) in [4.78, 5) is 4.95. The van der Waals surface area contributed by atoms with Crippen molar-refractivity contribution in [2.75, 3.05) is 6.54 Å². The molecule has 0 atom stereocenters. The van der Waals surface area contributed by atoms with Gasteiger partial charge in [0, 0.05) is 11.4 Å². The van der Waals surface area contributed by atoms with Crippen LogP contribution in [-0.4, -0.2) is 25.1 Å². The fraction of sp³-hybridized carbons (Fsp3) is 0.500. The van der Waals surface area contributed by atoms with Crippen LogP contribution in [0.25, 0.3) is 0 Å². The second-order valence-corrected chi connectivity index (χ2v) is 7.19. The van der Waals surface area contributed by atoms with Crippen molar-refractivity contribution < 1.29 is 12.9 Å². The Morgan fingerprint density at radius 3 is 2.86 bits per heavy atom. The van der Waals surface area contributed by atoms with Crippen molar-refractivity contribution in [2.24, 2.45) is 0 Å². The molecule has 0 bridgehead atoms. The van der Waals surface area contributed by atoms with Crippen LogP contribution >= 0.6 is 11.3 Å². The van der Waals surface area contributed by atoms with E-state index in [0.29, 0.717) is 17.3 Å².